The standard InChI is InChI=1S/C31H39FO2/c1-5-9-20(6-2)10-8-11-22-12-13-23-14-15-26-27(18-21(7-3)31(26)34)28(23)29-25(22)17-16-24(19(4)33)30(29)32/h14-17,20-22H,5-13,18H2,1-4H3. The van der Waals surface area contributed by atoms with E-state index in [9.17, 15) is 9.59 Å². The highest BCUT2D eigenvalue weighted by Crippen LogP contribution is 2.47. The van der Waals surface area contributed by atoms with Crippen molar-refractivity contribution < 1.29 is 14.0 Å². The summed E-state index contributed by atoms with van der Waals surface area (Å²) in [7, 11) is 0. The Labute approximate surface area is 204 Å². The monoisotopic (exact) mass is 462 g/mol. The number of carbonyl (C=O) groups excluding carboxylic acids is 2. The molecular weight excluding hydrogens is 423 g/mol. The largest absolute Gasteiger partial charge is 0.294 e. The molecule has 0 heterocycles. The number of ketones is 2. The molecule has 2 aliphatic rings. The number of halogens is 1. The van der Waals surface area contributed by atoms with Crippen LogP contribution < -0.4 is 0 Å². The van der Waals surface area contributed by atoms with Crippen molar-refractivity contribution >= 4 is 11.6 Å². The van der Waals surface area contributed by atoms with Gasteiger partial charge in [-0.3, -0.25) is 9.59 Å². The predicted octanol–water partition coefficient (Wildman–Crippen LogP) is 8.49. The molecule has 0 bridgehead atoms. The molecule has 0 aliphatic heterocycles. The molecule has 0 amide bonds. The number of fused-ring (bicyclic) bond motifs is 5. The van der Waals surface area contributed by atoms with Crippen LogP contribution in [-0.4, -0.2) is 11.6 Å². The van der Waals surface area contributed by atoms with Crippen LogP contribution in [0.5, 0.6) is 0 Å². The molecular formula is C31H39FO2. The van der Waals surface area contributed by atoms with Crippen molar-refractivity contribution in [2.24, 2.45) is 11.8 Å². The maximum atomic E-state index is 16.1. The van der Waals surface area contributed by atoms with Gasteiger partial charge in [-0.1, -0.05) is 71.1 Å². The average Bonchev–Trinajstić information content (AvgIpc) is 3.05. The molecule has 34 heavy (non-hydrogen) atoms. The summed E-state index contributed by atoms with van der Waals surface area (Å²) in [6.45, 7) is 8.02. The molecule has 2 aromatic rings. The zero-order valence-corrected chi connectivity index (χ0v) is 21.3. The lowest BCUT2D eigenvalue weighted by atomic mass is 9.83. The molecule has 2 aromatic carbocycles. The summed E-state index contributed by atoms with van der Waals surface area (Å²) in [6.07, 6.45) is 10.5. The minimum atomic E-state index is -0.392. The highest BCUT2D eigenvalue weighted by atomic mass is 19.1. The summed E-state index contributed by atoms with van der Waals surface area (Å²) >= 11 is 0. The lowest BCUT2D eigenvalue weighted by molar-refractivity contribution is 0.0933. The fourth-order valence-electron chi connectivity index (χ4n) is 6.40. The van der Waals surface area contributed by atoms with Crippen molar-refractivity contribution in [2.75, 3.05) is 0 Å². The number of benzene rings is 2. The van der Waals surface area contributed by atoms with Crippen LogP contribution in [-0.2, 0) is 12.8 Å². The van der Waals surface area contributed by atoms with Crippen LogP contribution in [0, 0.1) is 17.7 Å². The summed E-state index contributed by atoms with van der Waals surface area (Å²) in [5, 5.41) is 0. The van der Waals surface area contributed by atoms with Gasteiger partial charge in [-0.2, -0.15) is 0 Å². The predicted molar refractivity (Wildman–Crippen MR) is 137 cm³/mol. The third-order valence-electron chi connectivity index (χ3n) is 8.42. The van der Waals surface area contributed by atoms with Gasteiger partial charge < -0.3 is 0 Å². The van der Waals surface area contributed by atoms with E-state index in [1.165, 1.54) is 32.6 Å². The highest BCUT2D eigenvalue weighted by molar-refractivity contribution is 6.05. The summed E-state index contributed by atoms with van der Waals surface area (Å²) in [6, 6.07) is 7.70. The van der Waals surface area contributed by atoms with E-state index in [4.69, 9.17) is 0 Å². The van der Waals surface area contributed by atoms with Gasteiger partial charge in [0.25, 0.3) is 0 Å². The third-order valence-corrected chi connectivity index (χ3v) is 8.42. The Bertz CT molecular complexity index is 1080. The van der Waals surface area contributed by atoms with Crippen molar-refractivity contribution in [3.63, 3.8) is 0 Å². The van der Waals surface area contributed by atoms with Crippen LogP contribution in [0.3, 0.4) is 0 Å². The van der Waals surface area contributed by atoms with E-state index < -0.39 is 5.82 Å². The molecule has 0 saturated carbocycles. The second-order valence-electron chi connectivity index (χ2n) is 10.5. The number of aryl methyl sites for hydroxylation is 1. The molecule has 0 radical (unpaired) electrons. The zero-order valence-electron chi connectivity index (χ0n) is 21.3. The molecule has 2 aliphatic carbocycles. The molecule has 3 atom stereocenters. The second kappa shape index (κ2) is 10.5. The molecule has 2 nitrogen and oxygen atoms in total. The molecule has 0 saturated heterocycles. The Balaban J connectivity index is 1.78. The van der Waals surface area contributed by atoms with Crippen molar-refractivity contribution in [1.29, 1.82) is 0 Å². The first-order valence-corrected chi connectivity index (χ1v) is 13.4. The highest BCUT2D eigenvalue weighted by Gasteiger charge is 2.36. The summed E-state index contributed by atoms with van der Waals surface area (Å²) < 4.78 is 16.1. The van der Waals surface area contributed by atoms with Gasteiger partial charge in [0.15, 0.2) is 11.6 Å². The Morgan fingerprint density at radius 3 is 2.53 bits per heavy atom. The number of rotatable bonds is 9. The molecule has 0 spiro atoms. The van der Waals surface area contributed by atoms with Crippen LogP contribution in [0.1, 0.15) is 122 Å². The summed E-state index contributed by atoms with van der Waals surface area (Å²) in [5.74, 6) is 0.565. The van der Waals surface area contributed by atoms with Crippen LogP contribution in [0.25, 0.3) is 11.1 Å². The quantitative estimate of drug-likeness (QED) is 0.350. The Hall–Kier alpha value is -2.29. The van der Waals surface area contributed by atoms with Gasteiger partial charge in [-0.15, -0.1) is 0 Å². The molecule has 3 unspecified atom stereocenters. The Morgan fingerprint density at radius 2 is 1.85 bits per heavy atom. The normalized spacial score (nSPS) is 19.9. The smallest absolute Gasteiger partial charge is 0.166 e. The van der Waals surface area contributed by atoms with E-state index in [0.29, 0.717) is 12.0 Å². The van der Waals surface area contributed by atoms with E-state index >= 15 is 4.39 Å². The third kappa shape index (κ3) is 4.51. The van der Waals surface area contributed by atoms with Gasteiger partial charge in [0.2, 0.25) is 0 Å². The Morgan fingerprint density at radius 1 is 1.06 bits per heavy atom. The van der Waals surface area contributed by atoms with Crippen LogP contribution in [0.2, 0.25) is 0 Å². The lowest BCUT2D eigenvalue weighted by Crippen LogP contribution is -2.07. The van der Waals surface area contributed by atoms with Crippen molar-refractivity contribution in [1.82, 2.24) is 0 Å². The van der Waals surface area contributed by atoms with Gasteiger partial charge in [0.05, 0.1) is 5.56 Å². The van der Waals surface area contributed by atoms with E-state index in [0.717, 1.165) is 65.8 Å². The van der Waals surface area contributed by atoms with Crippen LogP contribution in [0.4, 0.5) is 4.39 Å². The minimum Gasteiger partial charge on any atom is -0.294 e. The van der Waals surface area contributed by atoms with Gasteiger partial charge in [0.1, 0.15) is 5.82 Å². The van der Waals surface area contributed by atoms with Crippen LogP contribution >= 0.6 is 0 Å². The molecule has 0 aromatic heterocycles. The van der Waals surface area contributed by atoms with Gasteiger partial charge >= 0.3 is 0 Å². The summed E-state index contributed by atoms with van der Waals surface area (Å²) in [5.41, 5.74) is 5.60. The van der Waals surface area contributed by atoms with E-state index in [1.807, 2.05) is 25.1 Å². The van der Waals surface area contributed by atoms with Crippen molar-refractivity contribution in [2.45, 2.75) is 97.8 Å². The first-order valence-electron chi connectivity index (χ1n) is 13.4. The molecule has 0 fully saturated rings. The molecule has 3 heteroatoms. The summed E-state index contributed by atoms with van der Waals surface area (Å²) in [4.78, 5) is 25.2. The van der Waals surface area contributed by atoms with Gasteiger partial charge in [0, 0.05) is 17.0 Å². The lowest BCUT2D eigenvalue weighted by Gasteiger charge is -2.21. The fourth-order valence-corrected chi connectivity index (χ4v) is 6.40. The maximum Gasteiger partial charge on any atom is 0.166 e. The molecule has 4 rings (SSSR count). The van der Waals surface area contributed by atoms with E-state index in [-0.39, 0.29) is 29.0 Å². The number of Topliss-reactive ketones (excluding diaryl/α,β-unsaturated/α-hetero) is 2. The van der Waals surface area contributed by atoms with E-state index in [2.05, 4.69) is 13.8 Å². The Kier molecular flexibility index (Phi) is 7.70. The molecule has 182 valence electrons. The van der Waals surface area contributed by atoms with Crippen LogP contribution in [0.15, 0.2) is 24.3 Å². The molecule has 0 N–H and O–H groups in total. The van der Waals surface area contributed by atoms with Gasteiger partial charge in [-0.05, 0) is 79.2 Å². The fraction of sp³-hybridized carbons (Fsp3) is 0.548. The average molecular weight is 463 g/mol. The minimum absolute atomic E-state index is 0.0207. The first-order chi connectivity index (χ1) is 16.4. The maximum absolute atomic E-state index is 16.1. The number of hydrogen-bond acceptors (Lipinski definition) is 2. The van der Waals surface area contributed by atoms with Crippen molar-refractivity contribution in [3.8, 4) is 11.1 Å². The number of hydrogen-bond donors (Lipinski definition) is 0. The number of carbonyl (C=O) groups is 2. The SMILES string of the molecule is CCCC(CC)CCCC1CCc2ccc3c(c2-c2c1ccc(C(C)=O)c2F)CC(CC)C3=O. The second-order valence-corrected chi connectivity index (χ2v) is 10.5. The van der Waals surface area contributed by atoms with Gasteiger partial charge in [-0.25, -0.2) is 4.39 Å². The van der Waals surface area contributed by atoms with E-state index in [1.54, 1.807) is 6.07 Å². The first kappa shape index (κ1) is 24.8. The van der Waals surface area contributed by atoms with Crippen molar-refractivity contribution in [3.05, 3.63) is 57.9 Å². The topological polar surface area (TPSA) is 34.1 Å². The zero-order chi connectivity index (χ0) is 24.4.